The van der Waals surface area contributed by atoms with Crippen molar-refractivity contribution < 1.29 is 9.90 Å². The van der Waals surface area contributed by atoms with Crippen molar-refractivity contribution >= 4 is 12.0 Å². The summed E-state index contributed by atoms with van der Waals surface area (Å²) in [7, 11) is 0. The van der Waals surface area contributed by atoms with Crippen molar-refractivity contribution in [3.8, 4) is 5.69 Å². The second-order valence-corrected chi connectivity index (χ2v) is 5.89. The Hall–Kier alpha value is -2.40. The lowest BCUT2D eigenvalue weighted by molar-refractivity contribution is -0.125. The largest absolute Gasteiger partial charge is 0.391 e. The van der Waals surface area contributed by atoms with Crippen molar-refractivity contribution in [3.05, 3.63) is 53.4 Å². The molecular formula is C18H21N3O2. The minimum Gasteiger partial charge on any atom is -0.391 e. The number of carbonyl (C=O) groups excluding carboxylic acids is 1. The van der Waals surface area contributed by atoms with Gasteiger partial charge in [-0.3, -0.25) is 4.79 Å². The average molecular weight is 311 g/mol. The molecule has 120 valence electrons. The number of nitrogens with zero attached hydrogens (tertiary/aromatic N) is 3. The molecule has 23 heavy (non-hydrogen) atoms. The molecule has 0 bridgehead atoms. The zero-order valence-electron chi connectivity index (χ0n) is 13.4. The van der Waals surface area contributed by atoms with Gasteiger partial charge >= 0.3 is 0 Å². The van der Waals surface area contributed by atoms with Crippen LogP contribution in [0.4, 0.5) is 0 Å². The first-order valence-electron chi connectivity index (χ1n) is 7.83. The van der Waals surface area contributed by atoms with Crippen LogP contribution < -0.4 is 0 Å². The summed E-state index contributed by atoms with van der Waals surface area (Å²) in [4.78, 5) is 13.8. The lowest BCUT2D eigenvalue weighted by Crippen LogP contribution is -2.27. The number of aromatic nitrogens is 2. The van der Waals surface area contributed by atoms with Gasteiger partial charge in [0.25, 0.3) is 0 Å². The fourth-order valence-corrected chi connectivity index (χ4v) is 2.92. The summed E-state index contributed by atoms with van der Waals surface area (Å²) < 4.78 is 1.89. The van der Waals surface area contributed by atoms with Crippen molar-refractivity contribution in [2.75, 3.05) is 13.1 Å². The van der Waals surface area contributed by atoms with Gasteiger partial charge in [-0.2, -0.15) is 5.10 Å². The first-order valence-corrected chi connectivity index (χ1v) is 7.83. The molecule has 0 spiro atoms. The minimum absolute atomic E-state index is 0.0622. The van der Waals surface area contributed by atoms with Gasteiger partial charge in [0.2, 0.25) is 5.91 Å². The SMILES string of the molecule is Cc1nn(-c2ccccc2)c(C)c1C=CC(=O)N1CC[C@@H](O)C1. The number of aliphatic hydroxyl groups is 1. The van der Waals surface area contributed by atoms with Crippen molar-refractivity contribution in [3.63, 3.8) is 0 Å². The highest BCUT2D eigenvalue weighted by Gasteiger charge is 2.23. The van der Waals surface area contributed by atoms with Crippen molar-refractivity contribution in [2.45, 2.75) is 26.4 Å². The summed E-state index contributed by atoms with van der Waals surface area (Å²) in [6, 6.07) is 9.93. The monoisotopic (exact) mass is 311 g/mol. The molecule has 3 rings (SSSR count). The normalized spacial score (nSPS) is 18.0. The summed E-state index contributed by atoms with van der Waals surface area (Å²) in [5, 5.41) is 14.1. The number of hydrogen-bond donors (Lipinski definition) is 1. The lowest BCUT2D eigenvalue weighted by Gasteiger charge is -2.12. The molecule has 1 aromatic heterocycles. The number of benzene rings is 1. The average Bonchev–Trinajstić information content (AvgIpc) is 3.10. The van der Waals surface area contributed by atoms with E-state index >= 15 is 0 Å². The number of amides is 1. The van der Waals surface area contributed by atoms with Crippen LogP contribution in [0.2, 0.25) is 0 Å². The van der Waals surface area contributed by atoms with Gasteiger partial charge in [0, 0.05) is 30.4 Å². The summed E-state index contributed by atoms with van der Waals surface area (Å²) in [6.07, 6.45) is 3.66. The van der Waals surface area contributed by atoms with E-state index < -0.39 is 6.10 Å². The second kappa shape index (κ2) is 6.38. The van der Waals surface area contributed by atoms with E-state index in [9.17, 15) is 9.90 Å². The maximum absolute atomic E-state index is 12.2. The molecular weight excluding hydrogens is 290 g/mol. The molecule has 1 aliphatic heterocycles. The second-order valence-electron chi connectivity index (χ2n) is 5.89. The number of rotatable bonds is 3. The fourth-order valence-electron chi connectivity index (χ4n) is 2.92. The number of para-hydroxylation sites is 1. The summed E-state index contributed by atoms with van der Waals surface area (Å²) in [5.74, 6) is -0.0622. The van der Waals surface area contributed by atoms with E-state index in [2.05, 4.69) is 5.10 Å². The highest BCUT2D eigenvalue weighted by molar-refractivity contribution is 5.92. The maximum atomic E-state index is 12.2. The summed E-state index contributed by atoms with van der Waals surface area (Å²) in [6.45, 7) is 4.98. The van der Waals surface area contributed by atoms with Gasteiger partial charge in [-0.05, 0) is 38.5 Å². The predicted molar refractivity (Wildman–Crippen MR) is 89.3 cm³/mol. The van der Waals surface area contributed by atoms with Gasteiger partial charge in [0.1, 0.15) is 0 Å². The predicted octanol–water partition coefficient (Wildman–Crippen LogP) is 2.10. The molecule has 1 N–H and O–H groups in total. The van der Waals surface area contributed by atoms with Crippen LogP contribution in [-0.2, 0) is 4.79 Å². The Balaban J connectivity index is 1.82. The number of carbonyl (C=O) groups is 1. The molecule has 0 unspecified atom stereocenters. The zero-order chi connectivity index (χ0) is 16.4. The maximum Gasteiger partial charge on any atom is 0.246 e. The van der Waals surface area contributed by atoms with Crippen LogP contribution in [0.5, 0.6) is 0 Å². The molecule has 2 aromatic rings. The number of aliphatic hydroxyl groups excluding tert-OH is 1. The van der Waals surface area contributed by atoms with Crippen LogP contribution in [0.25, 0.3) is 11.8 Å². The molecule has 1 atom stereocenters. The van der Waals surface area contributed by atoms with Crippen LogP contribution in [0.15, 0.2) is 36.4 Å². The van der Waals surface area contributed by atoms with E-state index in [1.54, 1.807) is 11.0 Å². The van der Waals surface area contributed by atoms with E-state index in [1.165, 1.54) is 0 Å². The number of β-amino-alcohol motifs (C(OH)–C–C–N with tert-alkyl or cyclic N) is 1. The third-order valence-electron chi connectivity index (χ3n) is 4.22. The van der Waals surface area contributed by atoms with Crippen LogP contribution in [-0.4, -0.2) is 44.9 Å². The van der Waals surface area contributed by atoms with Gasteiger partial charge in [-0.25, -0.2) is 4.68 Å². The quantitative estimate of drug-likeness (QED) is 0.883. The minimum atomic E-state index is -0.392. The van der Waals surface area contributed by atoms with Gasteiger partial charge in [-0.1, -0.05) is 18.2 Å². The van der Waals surface area contributed by atoms with Crippen molar-refractivity contribution in [2.24, 2.45) is 0 Å². The highest BCUT2D eigenvalue weighted by Crippen LogP contribution is 2.19. The van der Waals surface area contributed by atoms with Gasteiger partial charge in [-0.15, -0.1) is 0 Å². The molecule has 0 aliphatic carbocycles. The Bertz CT molecular complexity index is 734. The van der Waals surface area contributed by atoms with Gasteiger partial charge in [0.05, 0.1) is 17.5 Å². The highest BCUT2D eigenvalue weighted by atomic mass is 16.3. The molecule has 1 saturated heterocycles. The van der Waals surface area contributed by atoms with E-state index in [-0.39, 0.29) is 5.91 Å². The van der Waals surface area contributed by atoms with E-state index in [1.807, 2.05) is 54.9 Å². The Labute approximate surface area is 135 Å². The van der Waals surface area contributed by atoms with Crippen molar-refractivity contribution in [1.82, 2.24) is 14.7 Å². The smallest absolute Gasteiger partial charge is 0.246 e. The fraction of sp³-hybridized carbons (Fsp3) is 0.333. The molecule has 0 radical (unpaired) electrons. The Morgan fingerprint density at radius 1 is 1.30 bits per heavy atom. The Morgan fingerprint density at radius 2 is 2.04 bits per heavy atom. The lowest BCUT2D eigenvalue weighted by atomic mass is 10.2. The summed E-state index contributed by atoms with van der Waals surface area (Å²) >= 11 is 0. The number of hydrogen-bond acceptors (Lipinski definition) is 3. The zero-order valence-corrected chi connectivity index (χ0v) is 13.4. The summed E-state index contributed by atoms with van der Waals surface area (Å²) in [5.41, 5.74) is 3.85. The molecule has 1 fully saturated rings. The van der Waals surface area contributed by atoms with E-state index in [4.69, 9.17) is 0 Å². The molecule has 0 saturated carbocycles. The molecule has 2 heterocycles. The van der Waals surface area contributed by atoms with Crippen LogP contribution in [0, 0.1) is 13.8 Å². The molecule has 5 nitrogen and oxygen atoms in total. The van der Waals surface area contributed by atoms with Gasteiger partial charge < -0.3 is 10.0 Å². The molecule has 1 aliphatic rings. The van der Waals surface area contributed by atoms with Crippen LogP contribution in [0.1, 0.15) is 23.4 Å². The third-order valence-corrected chi connectivity index (χ3v) is 4.22. The van der Waals surface area contributed by atoms with E-state index in [0.29, 0.717) is 19.5 Å². The number of likely N-dealkylation sites (tertiary alicyclic amines) is 1. The molecule has 1 amide bonds. The third kappa shape index (κ3) is 3.19. The Kier molecular flexibility index (Phi) is 4.30. The molecule has 1 aromatic carbocycles. The standard InChI is InChI=1S/C18H21N3O2/c1-13-17(8-9-18(23)20-11-10-16(22)12-20)14(2)21(19-13)15-6-4-3-5-7-15/h3-9,16,22H,10-12H2,1-2H3/t16-/m1/s1. The van der Waals surface area contributed by atoms with Crippen molar-refractivity contribution in [1.29, 1.82) is 0 Å². The first kappa shape index (κ1) is 15.5. The Morgan fingerprint density at radius 3 is 2.70 bits per heavy atom. The van der Waals surface area contributed by atoms with Crippen LogP contribution >= 0.6 is 0 Å². The number of aryl methyl sites for hydroxylation is 1. The van der Waals surface area contributed by atoms with E-state index in [0.717, 1.165) is 22.6 Å². The first-order chi connectivity index (χ1) is 11.1. The topological polar surface area (TPSA) is 58.4 Å². The van der Waals surface area contributed by atoms with Crippen LogP contribution in [0.3, 0.4) is 0 Å². The molecule has 5 heteroatoms. The van der Waals surface area contributed by atoms with Gasteiger partial charge in [0.15, 0.2) is 0 Å².